The van der Waals surface area contributed by atoms with E-state index < -0.39 is 0 Å². The molecule has 1 unspecified atom stereocenters. The number of hydrogen-bond donors (Lipinski definition) is 1. The Bertz CT molecular complexity index is 484. The molecule has 0 saturated heterocycles. The van der Waals surface area contributed by atoms with Crippen LogP contribution in [0.2, 0.25) is 0 Å². The predicted molar refractivity (Wildman–Crippen MR) is 83.3 cm³/mol. The largest absolute Gasteiger partial charge is 0.326 e. The van der Waals surface area contributed by atoms with Crippen molar-refractivity contribution in [3.8, 4) is 0 Å². The van der Waals surface area contributed by atoms with Gasteiger partial charge in [0.1, 0.15) is 0 Å². The second kappa shape index (κ2) is 7.78. The number of nitrogens with two attached hydrogens (primary N) is 1. The Kier molecular flexibility index (Phi) is 5.71. The molecular formula is C17H23N3. The van der Waals surface area contributed by atoms with Crippen molar-refractivity contribution in [2.45, 2.75) is 25.9 Å². The summed E-state index contributed by atoms with van der Waals surface area (Å²) in [5, 5.41) is 0. The van der Waals surface area contributed by atoms with Gasteiger partial charge in [-0.3, -0.25) is 9.88 Å². The third-order valence-electron chi connectivity index (χ3n) is 3.39. The molecule has 2 rings (SSSR count). The molecule has 1 atom stereocenters. The lowest BCUT2D eigenvalue weighted by molar-refractivity contribution is 0.258. The number of hydrogen-bond acceptors (Lipinski definition) is 3. The number of benzene rings is 1. The summed E-state index contributed by atoms with van der Waals surface area (Å²) in [6.45, 7) is 4.90. The molecule has 0 aliphatic rings. The molecule has 3 heteroatoms. The molecule has 106 valence electrons. The summed E-state index contributed by atoms with van der Waals surface area (Å²) in [6, 6.07) is 16.6. The fraction of sp³-hybridized carbons (Fsp3) is 0.353. The van der Waals surface area contributed by atoms with Gasteiger partial charge < -0.3 is 5.73 Å². The smallest absolute Gasteiger partial charge is 0.0543 e. The number of likely N-dealkylation sites (N-methyl/N-ethyl adjacent to an activating group) is 1. The van der Waals surface area contributed by atoms with E-state index in [-0.39, 0.29) is 6.04 Å². The second-order valence-corrected chi connectivity index (χ2v) is 5.10. The maximum Gasteiger partial charge on any atom is 0.0543 e. The molecule has 0 aliphatic carbocycles. The van der Waals surface area contributed by atoms with Crippen LogP contribution in [0.15, 0.2) is 54.7 Å². The molecule has 0 amide bonds. The summed E-state index contributed by atoms with van der Waals surface area (Å²) in [7, 11) is 0. The molecule has 0 saturated carbocycles. The Morgan fingerprint density at radius 3 is 2.50 bits per heavy atom. The Morgan fingerprint density at radius 1 is 1.10 bits per heavy atom. The van der Waals surface area contributed by atoms with Gasteiger partial charge in [-0.1, -0.05) is 43.3 Å². The molecule has 1 heterocycles. The predicted octanol–water partition coefficient (Wildman–Crippen LogP) is 2.47. The van der Waals surface area contributed by atoms with Crippen molar-refractivity contribution in [1.82, 2.24) is 9.88 Å². The Labute approximate surface area is 121 Å². The van der Waals surface area contributed by atoms with E-state index in [0.29, 0.717) is 0 Å². The average Bonchev–Trinajstić information content (AvgIpc) is 2.48. The molecule has 1 aromatic heterocycles. The van der Waals surface area contributed by atoms with Crippen LogP contribution in [0.4, 0.5) is 0 Å². The van der Waals surface area contributed by atoms with Crippen LogP contribution in [0.3, 0.4) is 0 Å². The Morgan fingerprint density at radius 2 is 1.85 bits per heavy atom. The van der Waals surface area contributed by atoms with Crippen molar-refractivity contribution >= 4 is 0 Å². The quantitative estimate of drug-likeness (QED) is 0.839. The van der Waals surface area contributed by atoms with E-state index in [1.165, 1.54) is 5.56 Å². The van der Waals surface area contributed by atoms with Crippen molar-refractivity contribution < 1.29 is 0 Å². The van der Waals surface area contributed by atoms with E-state index in [9.17, 15) is 0 Å². The highest BCUT2D eigenvalue weighted by Crippen LogP contribution is 2.06. The van der Waals surface area contributed by atoms with E-state index in [0.717, 1.165) is 31.7 Å². The van der Waals surface area contributed by atoms with Crippen molar-refractivity contribution in [3.05, 3.63) is 66.0 Å². The van der Waals surface area contributed by atoms with Gasteiger partial charge in [0.15, 0.2) is 0 Å². The molecule has 0 radical (unpaired) electrons. The number of aromatic nitrogens is 1. The van der Waals surface area contributed by atoms with E-state index in [2.05, 4.69) is 47.1 Å². The zero-order chi connectivity index (χ0) is 14.2. The molecule has 0 aliphatic heterocycles. The van der Waals surface area contributed by atoms with E-state index in [1.54, 1.807) is 0 Å². The fourth-order valence-electron chi connectivity index (χ4n) is 2.34. The van der Waals surface area contributed by atoms with Crippen molar-refractivity contribution in [3.63, 3.8) is 0 Å². The first-order valence-corrected chi connectivity index (χ1v) is 7.19. The highest BCUT2D eigenvalue weighted by Gasteiger charge is 2.10. The molecule has 3 nitrogen and oxygen atoms in total. The average molecular weight is 269 g/mol. The van der Waals surface area contributed by atoms with E-state index in [1.807, 2.05) is 24.4 Å². The maximum absolute atomic E-state index is 6.27. The van der Waals surface area contributed by atoms with Crippen LogP contribution >= 0.6 is 0 Å². The normalized spacial score (nSPS) is 12.6. The Balaban J connectivity index is 1.86. The van der Waals surface area contributed by atoms with Crippen molar-refractivity contribution in [1.29, 1.82) is 0 Å². The van der Waals surface area contributed by atoms with Crippen LogP contribution in [0.1, 0.15) is 18.2 Å². The highest BCUT2D eigenvalue weighted by molar-refractivity contribution is 5.15. The molecule has 0 spiro atoms. The lowest BCUT2D eigenvalue weighted by atomic mass is 10.1. The molecule has 0 bridgehead atoms. The van der Waals surface area contributed by atoms with Gasteiger partial charge in [0.25, 0.3) is 0 Å². The topological polar surface area (TPSA) is 42.2 Å². The molecule has 2 N–H and O–H groups in total. The summed E-state index contributed by atoms with van der Waals surface area (Å²) in [4.78, 5) is 6.72. The number of nitrogens with zero attached hydrogens (tertiary/aromatic N) is 2. The third kappa shape index (κ3) is 4.76. The zero-order valence-electron chi connectivity index (χ0n) is 12.1. The molecular weight excluding hydrogens is 246 g/mol. The number of pyridine rings is 1. The van der Waals surface area contributed by atoms with Crippen LogP contribution in [0.25, 0.3) is 0 Å². The maximum atomic E-state index is 6.27. The van der Waals surface area contributed by atoms with Gasteiger partial charge in [-0.2, -0.15) is 0 Å². The minimum atomic E-state index is 0.154. The summed E-state index contributed by atoms with van der Waals surface area (Å²) in [6.07, 6.45) is 2.76. The first kappa shape index (κ1) is 14.7. The molecule has 2 aromatic rings. The monoisotopic (exact) mass is 269 g/mol. The van der Waals surface area contributed by atoms with Gasteiger partial charge in [0.05, 0.1) is 5.69 Å². The lowest BCUT2D eigenvalue weighted by Gasteiger charge is -2.24. The molecule has 0 fully saturated rings. The lowest BCUT2D eigenvalue weighted by Crippen LogP contribution is -2.38. The SMILES string of the molecule is CCN(Cc1ccccn1)CC(N)Cc1ccccc1. The fourth-order valence-corrected chi connectivity index (χ4v) is 2.34. The van der Waals surface area contributed by atoms with Gasteiger partial charge in [0.2, 0.25) is 0 Å². The van der Waals surface area contributed by atoms with Crippen LogP contribution in [0, 0.1) is 0 Å². The Hall–Kier alpha value is -1.71. The van der Waals surface area contributed by atoms with Gasteiger partial charge in [0, 0.05) is 25.3 Å². The van der Waals surface area contributed by atoms with E-state index in [4.69, 9.17) is 5.73 Å². The van der Waals surface area contributed by atoms with Crippen LogP contribution in [-0.2, 0) is 13.0 Å². The van der Waals surface area contributed by atoms with Gasteiger partial charge in [-0.05, 0) is 30.7 Å². The van der Waals surface area contributed by atoms with Gasteiger partial charge in [-0.15, -0.1) is 0 Å². The summed E-state index contributed by atoms with van der Waals surface area (Å²) >= 11 is 0. The number of rotatable bonds is 7. The van der Waals surface area contributed by atoms with Crippen LogP contribution < -0.4 is 5.73 Å². The first-order valence-electron chi connectivity index (χ1n) is 7.19. The minimum Gasteiger partial charge on any atom is -0.326 e. The van der Waals surface area contributed by atoms with Crippen LogP contribution in [0.5, 0.6) is 0 Å². The highest BCUT2D eigenvalue weighted by atomic mass is 15.1. The summed E-state index contributed by atoms with van der Waals surface area (Å²) in [5.41, 5.74) is 8.67. The van der Waals surface area contributed by atoms with Crippen molar-refractivity contribution in [2.75, 3.05) is 13.1 Å². The minimum absolute atomic E-state index is 0.154. The molecule has 1 aromatic carbocycles. The third-order valence-corrected chi connectivity index (χ3v) is 3.39. The van der Waals surface area contributed by atoms with Gasteiger partial charge >= 0.3 is 0 Å². The van der Waals surface area contributed by atoms with E-state index >= 15 is 0 Å². The zero-order valence-corrected chi connectivity index (χ0v) is 12.1. The van der Waals surface area contributed by atoms with Crippen LogP contribution in [-0.4, -0.2) is 29.0 Å². The first-order chi connectivity index (χ1) is 9.78. The van der Waals surface area contributed by atoms with Gasteiger partial charge in [-0.25, -0.2) is 0 Å². The summed E-state index contributed by atoms with van der Waals surface area (Å²) < 4.78 is 0. The summed E-state index contributed by atoms with van der Waals surface area (Å²) in [5.74, 6) is 0. The molecule has 20 heavy (non-hydrogen) atoms. The second-order valence-electron chi connectivity index (χ2n) is 5.10. The standard InChI is InChI=1S/C17H23N3/c1-2-20(14-17-10-6-7-11-19-17)13-16(18)12-15-8-4-3-5-9-15/h3-11,16H,2,12-14,18H2,1H3. The van der Waals surface area contributed by atoms with Crippen molar-refractivity contribution in [2.24, 2.45) is 5.73 Å².